The molecule has 4 nitrogen and oxygen atoms in total. The zero-order valence-corrected chi connectivity index (χ0v) is 7.86. The molecule has 0 aliphatic carbocycles. The van der Waals surface area contributed by atoms with Crippen LogP contribution in [0.1, 0.15) is 13.8 Å². The van der Waals surface area contributed by atoms with Crippen molar-refractivity contribution in [2.24, 2.45) is 0 Å². The highest BCUT2D eigenvalue weighted by Gasteiger charge is 1.86. The lowest BCUT2D eigenvalue weighted by atomic mass is 10.7. The highest BCUT2D eigenvalue weighted by Crippen LogP contribution is 1.81. The molecule has 0 heterocycles. The molecule has 74 valence electrons. The van der Waals surface area contributed by atoms with Crippen LogP contribution in [0.5, 0.6) is 0 Å². The van der Waals surface area contributed by atoms with E-state index < -0.39 is 12.6 Å². The van der Waals surface area contributed by atoms with E-state index in [1.807, 2.05) is 0 Å². The van der Waals surface area contributed by atoms with E-state index in [-0.39, 0.29) is 0 Å². The Bertz CT molecular complexity index is 91.1. The third-order valence-electron chi connectivity index (χ3n) is 0.796. The summed E-state index contributed by atoms with van der Waals surface area (Å²) in [6, 6.07) is 0. The van der Waals surface area contributed by atoms with Gasteiger partial charge in [0.15, 0.2) is 12.6 Å². The summed E-state index contributed by atoms with van der Waals surface area (Å²) in [7, 11) is 1.45. The summed E-state index contributed by atoms with van der Waals surface area (Å²) >= 11 is 0. The van der Waals surface area contributed by atoms with Crippen molar-refractivity contribution in [3.63, 3.8) is 0 Å². The quantitative estimate of drug-likeness (QED) is 0.486. The van der Waals surface area contributed by atoms with Crippen LogP contribution in [-0.2, 0) is 9.47 Å². The van der Waals surface area contributed by atoms with E-state index in [4.69, 9.17) is 10.2 Å². The summed E-state index contributed by atoms with van der Waals surface area (Å²) in [6.07, 6.45) is 0.306. The molecule has 2 unspecified atom stereocenters. The number of aliphatic hydroxyl groups excluding tert-OH is 2. The standard InChI is InChI=1S/C5H10O2.C3H8O2/c1-3-4-7-5(2)6;1-3(4)5-2/h3,5-6H,1,4H2,2H3;3-4H,1-2H3. The molecule has 0 spiro atoms. The van der Waals surface area contributed by atoms with Crippen LogP contribution in [0, 0.1) is 0 Å². The van der Waals surface area contributed by atoms with Crippen molar-refractivity contribution in [1.82, 2.24) is 0 Å². The maximum Gasteiger partial charge on any atom is 0.152 e. The van der Waals surface area contributed by atoms with Crippen LogP contribution in [0.2, 0.25) is 0 Å². The van der Waals surface area contributed by atoms with E-state index in [1.165, 1.54) is 7.11 Å². The third kappa shape index (κ3) is 22.7. The lowest BCUT2D eigenvalue weighted by Crippen LogP contribution is -2.04. The summed E-state index contributed by atoms with van der Waals surface area (Å²) in [5, 5.41) is 16.6. The molecule has 0 bridgehead atoms. The summed E-state index contributed by atoms with van der Waals surface area (Å²) in [6.45, 7) is 6.93. The van der Waals surface area contributed by atoms with E-state index in [0.717, 1.165) is 0 Å². The van der Waals surface area contributed by atoms with Crippen LogP contribution in [0.4, 0.5) is 0 Å². The first-order chi connectivity index (χ1) is 5.54. The average Bonchev–Trinajstić information content (AvgIpc) is 2.02. The summed E-state index contributed by atoms with van der Waals surface area (Å²) in [4.78, 5) is 0. The molecule has 0 aliphatic rings. The molecule has 0 fully saturated rings. The molecule has 0 saturated heterocycles. The molecule has 12 heavy (non-hydrogen) atoms. The van der Waals surface area contributed by atoms with E-state index in [2.05, 4.69) is 16.1 Å². The van der Waals surface area contributed by atoms with Crippen LogP contribution in [0.15, 0.2) is 12.7 Å². The zero-order chi connectivity index (χ0) is 9.98. The van der Waals surface area contributed by atoms with Gasteiger partial charge in [-0.05, 0) is 13.8 Å². The highest BCUT2D eigenvalue weighted by molar-refractivity contribution is 4.63. The minimum atomic E-state index is -0.669. The van der Waals surface area contributed by atoms with Crippen molar-refractivity contribution in [2.45, 2.75) is 26.4 Å². The number of rotatable bonds is 4. The second kappa shape index (κ2) is 10.6. The van der Waals surface area contributed by atoms with Crippen molar-refractivity contribution in [3.8, 4) is 0 Å². The van der Waals surface area contributed by atoms with Gasteiger partial charge >= 0.3 is 0 Å². The SMILES string of the molecule is C=CCOC(C)O.COC(C)O. The number of methoxy groups -OCH3 is 1. The largest absolute Gasteiger partial charge is 0.368 e. The number of aliphatic hydroxyl groups is 2. The fraction of sp³-hybridized carbons (Fsp3) is 0.750. The molecule has 0 rings (SSSR count). The van der Waals surface area contributed by atoms with Crippen molar-refractivity contribution in [2.75, 3.05) is 13.7 Å². The second-order valence-electron chi connectivity index (χ2n) is 2.06. The Labute approximate surface area is 73.4 Å². The first-order valence-corrected chi connectivity index (χ1v) is 3.66. The maximum absolute atomic E-state index is 8.41. The fourth-order valence-corrected chi connectivity index (χ4v) is 0.207. The molecular weight excluding hydrogens is 160 g/mol. The second-order valence-corrected chi connectivity index (χ2v) is 2.06. The summed E-state index contributed by atoms with van der Waals surface area (Å²) < 4.78 is 8.93. The minimum Gasteiger partial charge on any atom is -0.368 e. The number of ether oxygens (including phenoxy) is 2. The lowest BCUT2D eigenvalue weighted by molar-refractivity contribution is -0.0739. The Hall–Kier alpha value is -0.420. The van der Waals surface area contributed by atoms with Gasteiger partial charge in [-0.25, -0.2) is 0 Å². The zero-order valence-electron chi connectivity index (χ0n) is 7.86. The number of hydrogen-bond donors (Lipinski definition) is 2. The molecule has 0 amide bonds. The maximum atomic E-state index is 8.41. The van der Waals surface area contributed by atoms with Gasteiger partial charge < -0.3 is 19.7 Å². The molecule has 0 saturated carbocycles. The van der Waals surface area contributed by atoms with Gasteiger partial charge in [0, 0.05) is 7.11 Å². The van der Waals surface area contributed by atoms with Crippen LogP contribution in [-0.4, -0.2) is 36.5 Å². The van der Waals surface area contributed by atoms with E-state index in [9.17, 15) is 0 Å². The van der Waals surface area contributed by atoms with Gasteiger partial charge in [0.1, 0.15) is 0 Å². The first kappa shape index (κ1) is 14.1. The smallest absolute Gasteiger partial charge is 0.152 e. The first-order valence-electron chi connectivity index (χ1n) is 3.66. The normalized spacial score (nSPS) is 14.1. The van der Waals surface area contributed by atoms with Gasteiger partial charge in [0.05, 0.1) is 6.61 Å². The van der Waals surface area contributed by atoms with Gasteiger partial charge in [-0.15, -0.1) is 6.58 Å². The average molecular weight is 178 g/mol. The fourth-order valence-electron chi connectivity index (χ4n) is 0.207. The molecule has 0 aromatic rings. The van der Waals surface area contributed by atoms with E-state index >= 15 is 0 Å². The van der Waals surface area contributed by atoms with Crippen molar-refractivity contribution in [3.05, 3.63) is 12.7 Å². The Morgan fingerprint density at radius 1 is 1.33 bits per heavy atom. The molecule has 2 atom stereocenters. The summed E-state index contributed by atoms with van der Waals surface area (Å²) in [5.41, 5.74) is 0. The molecule has 0 aromatic carbocycles. The van der Waals surface area contributed by atoms with Gasteiger partial charge in [-0.1, -0.05) is 6.08 Å². The van der Waals surface area contributed by atoms with Crippen molar-refractivity contribution >= 4 is 0 Å². The van der Waals surface area contributed by atoms with Crippen molar-refractivity contribution in [1.29, 1.82) is 0 Å². The Morgan fingerprint density at radius 2 is 1.75 bits per heavy atom. The van der Waals surface area contributed by atoms with Crippen LogP contribution >= 0.6 is 0 Å². The van der Waals surface area contributed by atoms with Gasteiger partial charge in [-0.2, -0.15) is 0 Å². The van der Waals surface area contributed by atoms with Gasteiger partial charge in [0.2, 0.25) is 0 Å². The molecule has 2 N–H and O–H groups in total. The molecule has 0 radical (unpaired) electrons. The molecule has 0 aliphatic heterocycles. The Balaban J connectivity index is 0. The van der Waals surface area contributed by atoms with Crippen LogP contribution in [0.3, 0.4) is 0 Å². The van der Waals surface area contributed by atoms with Gasteiger partial charge in [0.25, 0.3) is 0 Å². The van der Waals surface area contributed by atoms with E-state index in [0.29, 0.717) is 6.61 Å². The predicted octanol–water partition coefficient (Wildman–Crippen LogP) is 0.498. The van der Waals surface area contributed by atoms with Crippen molar-refractivity contribution < 1.29 is 19.7 Å². The third-order valence-corrected chi connectivity index (χ3v) is 0.796. The Morgan fingerprint density at radius 3 is 1.83 bits per heavy atom. The Kier molecular flexibility index (Phi) is 12.5. The summed E-state index contributed by atoms with van der Waals surface area (Å²) in [5.74, 6) is 0. The van der Waals surface area contributed by atoms with Crippen LogP contribution in [0.25, 0.3) is 0 Å². The molecule has 4 heteroatoms. The van der Waals surface area contributed by atoms with Gasteiger partial charge in [-0.3, -0.25) is 0 Å². The number of hydrogen-bond acceptors (Lipinski definition) is 4. The predicted molar refractivity (Wildman–Crippen MR) is 46.5 cm³/mol. The topological polar surface area (TPSA) is 58.9 Å². The molecule has 0 aromatic heterocycles. The van der Waals surface area contributed by atoms with E-state index in [1.54, 1.807) is 19.9 Å². The lowest BCUT2D eigenvalue weighted by Gasteiger charge is -2.00. The molecular formula is C8H18O4. The van der Waals surface area contributed by atoms with Crippen LogP contribution < -0.4 is 0 Å². The highest BCUT2D eigenvalue weighted by atomic mass is 16.6. The monoisotopic (exact) mass is 178 g/mol. The minimum absolute atomic E-state index is 0.414.